The minimum atomic E-state index is -0.314. The van der Waals surface area contributed by atoms with E-state index in [1.807, 2.05) is 20.8 Å². The molecule has 0 saturated carbocycles. The van der Waals surface area contributed by atoms with Gasteiger partial charge < -0.3 is 11.1 Å². The fourth-order valence-electron chi connectivity index (χ4n) is 1.07. The Morgan fingerprint density at radius 2 is 1.93 bits per heavy atom. The third kappa shape index (κ3) is 2.87. The van der Waals surface area contributed by atoms with Crippen LogP contribution in [0.4, 0.5) is 15.8 Å². The van der Waals surface area contributed by atoms with E-state index in [0.717, 1.165) is 0 Å². The van der Waals surface area contributed by atoms with Crippen LogP contribution in [0, 0.1) is 5.82 Å². The highest BCUT2D eigenvalue weighted by Gasteiger charge is 2.13. The Hall–Kier alpha value is -0.770. The Labute approximate surface area is 91.8 Å². The predicted molar refractivity (Wildman–Crippen MR) is 61.9 cm³/mol. The van der Waals surface area contributed by atoms with Gasteiger partial charge in [-0.1, -0.05) is 0 Å². The Kier molecular flexibility index (Phi) is 3.04. The second kappa shape index (κ2) is 3.77. The van der Waals surface area contributed by atoms with Crippen LogP contribution < -0.4 is 11.1 Å². The summed E-state index contributed by atoms with van der Waals surface area (Å²) in [5, 5.41) is 3.13. The summed E-state index contributed by atoms with van der Waals surface area (Å²) in [6, 6.07) is 2.95. The van der Waals surface area contributed by atoms with Crippen molar-refractivity contribution in [3.05, 3.63) is 22.4 Å². The van der Waals surface area contributed by atoms with E-state index in [1.54, 1.807) is 6.07 Å². The van der Waals surface area contributed by atoms with Crippen LogP contribution in [0.25, 0.3) is 0 Å². The minimum absolute atomic E-state index is 0.131. The molecule has 0 unspecified atom stereocenters. The number of rotatable bonds is 1. The number of hydrogen-bond donors (Lipinski definition) is 2. The van der Waals surface area contributed by atoms with Crippen molar-refractivity contribution in [1.82, 2.24) is 0 Å². The highest BCUT2D eigenvalue weighted by molar-refractivity contribution is 9.10. The van der Waals surface area contributed by atoms with Gasteiger partial charge in [-0.15, -0.1) is 0 Å². The lowest BCUT2D eigenvalue weighted by Gasteiger charge is -2.23. The smallest absolute Gasteiger partial charge is 0.139 e. The quantitative estimate of drug-likeness (QED) is 0.760. The molecule has 0 aliphatic heterocycles. The van der Waals surface area contributed by atoms with Gasteiger partial charge in [0.25, 0.3) is 0 Å². The molecule has 0 radical (unpaired) electrons. The molecule has 0 spiro atoms. The van der Waals surface area contributed by atoms with Crippen LogP contribution in [0.5, 0.6) is 0 Å². The molecule has 1 rings (SSSR count). The van der Waals surface area contributed by atoms with Crippen LogP contribution in [0.3, 0.4) is 0 Å². The Morgan fingerprint density at radius 3 is 2.43 bits per heavy atom. The summed E-state index contributed by atoms with van der Waals surface area (Å²) in [5.74, 6) is -0.314. The Bertz CT molecular complexity index is 345. The number of benzene rings is 1. The van der Waals surface area contributed by atoms with Crippen LogP contribution in [0.15, 0.2) is 16.6 Å². The zero-order valence-corrected chi connectivity index (χ0v) is 10.1. The second-order valence-electron chi connectivity index (χ2n) is 4.23. The molecule has 14 heavy (non-hydrogen) atoms. The Balaban J connectivity index is 3.04. The van der Waals surface area contributed by atoms with E-state index in [4.69, 9.17) is 5.73 Å². The van der Waals surface area contributed by atoms with Crippen LogP contribution in [-0.2, 0) is 0 Å². The maximum atomic E-state index is 13.2. The van der Waals surface area contributed by atoms with Crippen molar-refractivity contribution in [3.8, 4) is 0 Å². The zero-order chi connectivity index (χ0) is 10.9. The van der Waals surface area contributed by atoms with Gasteiger partial charge in [0.15, 0.2) is 0 Å². The summed E-state index contributed by atoms with van der Waals surface area (Å²) in [6.07, 6.45) is 0. The number of nitrogen functional groups attached to an aromatic ring is 1. The molecule has 78 valence electrons. The molecule has 1 aromatic carbocycles. The number of hydrogen-bond acceptors (Lipinski definition) is 2. The molecule has 1 aromatic rings. The molecule has 0 amide bonds. The molecular formula is C10H14BrFN2. The zero-order valence-electron chi connectivity index (χ0n) is 8.49. The third-order valence-electron chi connectivity index (χ3n) is 1.60. The van der Waals surface area contributed by atoms with Crippen molar-refractivity contribution in [2.45, 2.75) is 26.3 Å². The van der Waals surface area contributed by atoms with E-state index in [0.29, 0.717) is 15.8 Å². The van der Waals surface area contributed by atoms with E-state index in [1.165, 1.54) is 6.07 Å². The molecule has 2 nitrogen and oxygen atoms in total. The van der Waals surface area contributed by atoms with Gasteiger partial charge in [0, 0.05) is 11.6 Å². The van der Waals surface area contributed by atoms with Crippen LogP contribution in [0.1, 0.15) is 20.8 Å². The normalized spacial score (nSPS) is 11.5. The summed E-state index contributed by atoms with van der Waals surface area (Å²) >= 11 is 3.08. The van der Waals surface area contributed by atoms with Crippen LogP contribution in [-0.4, -0.2) is 5.54 Å². The number of nitrogens with two attached hydrogens (primary N) is 1. The fourth-order valence-corrected chi connectivity index (χ4v) is 1.44. The molecule has 0 aliphatic rings. The topological polar surface area (TPSA) is 38.0 Å². The van der Waals surface area contributed by atoms with Gasteiger partial charge in [0.1, 0.15) is 5.82 Å². The molecule has 0 fully saturated rings. The average Bonchev–Trinajstić information content (AvgIpc) is 1.97. The average molecular weight is 261 g/mol. The van der Waals surface area contributed by atoms with E-state index in [-0.39, 0.29) is 11.4 Å². The van der Waals surface area contributed by atoms with Crippen molar-refractivity contribution < 1.29 is 4.39 Å². The molecule has 0 bridgehead atoms. The van der Waals surface area contributed by atoms with Crippen LogP contribution >= 0.6 is 15.9 Å². The highest BCUT2D eigenvalue weighted by Crippen LogP contribution is 2.28. The lowest BCUT2D eigenvalue weighted by molar-refractivity contribution is 0.614. The van der Waals surface area contributed by atoms with E-state index >= 15 is 0 Å². The van der Waals surface area contributed by atoms with Crippen molar-refractivity contribution in [2.24, 2.45) is 0 Å². The number of nitrogens with one attached hydrogen (secondary N) is 1. The third-order valence-corrected chi connectivity index (χ3v) is 2.21. The van der Waals surface area contributed by atoms with Crippen molar-refractivity contribution in [1.29, 1.82) is 0 Å². The summed E-state index contributed by atoms with van der Waals surface area (Å²) in [4.78, 5) is 0. The van der Waals surface area contributed by atoms with Gasteiger partial charge in [0.2, 0.25) is 0 Å². The lowest BCUT2D eigenvalue weighted by Crippen LogP contribution is -2.26. The first-order valence-electron chi connectivity index (χ1n) is 4.32. The van der Waals surface area contributed by atoms with Gasteiger partial charge in [0.05, 0.1) is 15.8 Å². The molecule has 4 heteroatoms. The summed E-state index contributed by atoms with van der Waals surface area (Å²) in [5.41, 5.74) is 6.77. The number of anilines is 2. The van der Waals surface area contributed by atoms with E-state index in [9.17, 15) is 4.39 Å². The maximum Gasteiger partial charge on any atom is 0.139 e. The van der Waals surface area contributed by atoms with Crippen molar-refractivity contribution in [2.75, 3.05) is 11.1 Å². The van der Waals surface area contributed by atoms with Crippen molar-refractivity contribution in [3.63, 3.8) is 0 Å². The molecule has 0 saturated heterocycles. The first-order chi connectivity index (χ1) is 6.29. The van der Waals surface area contributed by atoms with E-state index in [2.05, 4.69) is 21.2 Å². The van der Waals surface area contributed by atoms with Gasteiger partial charge in [-0.25, -0.2) is 4.39 Å². The molecule has 0 aromatic heterocycles. The standard InChI is InChI=1S/C10H14BrFN2/c1-10(2,3)14-9-5-7(12)6(11)4-8(9)13/h4-5,14H,13H2,1-3H3. The van der Waals surface area contributed by atoms with Gasteiger partial charge >= 0.3 is 0 Å². The highest BCUT2D eigenvalue weighted by atomic mass is 79.9. The SMILES string of the molecule is CC(C)(C)Nc1cc(F)c(Br)cc1N. The first-order valence-corrected chi connectivity index (χ1v) is 5.11. The molecular weight excluding hydrogens is 247 g/mol. The first kappa shape index (κ1) is 11.3. The maximum absolute atomic E-state index is 13.2. The lowest BCUT2D eigenvalue weighted by atomic mass is 10.1. The molecule has 0 atom stereocenters. The number of halogens is 2. The Morgan fingerprint density at radius 1 is 1.36 bits per heavy atom. The van der Waals surface area contributed by atoms with Gasteiger partial charge in [-0.2, -0.15) is 0 Å². The summed E-state index contributed by atoms with van der Waals surface area (Å²) in [7, 11) is 0. The molecule has 0 aliphatic carbocycles. The summed E-state index contributed by atoms with van der Waals surface area (Å²) < 4.78 is 13.6. The molecule has 3 N–H and O–H groups in total. The van der Waals surface area contributed by atoms with E-state index < -0.39 is 0 Å². The minimum Gasteiger partial charge on any atom is -0.397 e. The second-order valence-corrected chi connectivity index (χ2v) is 5.08. The van der Waals surface area contributed by atoms with Crippen molar-refractivity contribution >= 4 is 27.3 Å². The van der Waals surface area contributed by atoms with Gasteiger partial charge in [-0.3, -0.25) is 0 Å². The monoisotopic (exact) mass is 260 g/mol. The molecule has 0 heterocycles. The predicted octanol–water partition coefficient (Wildman–Crippen LogP) is 3.38. The summed E-state index contributed by atoms with van der Waals surface area (Å²) in [6.45, 7) is 5.98. The van der Waals surface area contributed by atoms with Crippen LogP contribution in [0.2, 0.25) is 0 Å². The van der Waals surface area contributed by atoms with Gasteiger partial charge in [-0.05, 0) is 42.8 Å². The largest absolute Gasteiger partial charge is 0.397 e. The fraction of sp³-hybridized carbons (Fsp3) is 0.400.